The fraction of sp³-hybridized carbons (Fsp3) is 0.500. The van der Waals surface area contributed by atoms with Crippen LogP contribution in [0.4, 0.5) is 11.4 Å². The lowest BCUT2D eigenvalue weighted by Crippen LogP contribution is -2.54. The molecule has 0 saturated heterocycles. The first-order valence-electron chi connectivity index (χ1n) is 7.97. The summed E-state index contributed by atoms with van der Waals surface area (Å²) in [5.41, 5.74) is 0.396. The van der Waals surface area contributed by atoms with E-state index in [0.717, 1.165) is 5.56 Å². The number of amides is 3. The van der Waals surface area contributed by atoms with Crippen molar-refractivity contribution < 1.29 is 14.4 Å². The maximum Gasteiger partial charge on any atom is 0.238 e. The average Bonchev–Trinajstić information content (AvgIpc) is 2.51. The van der Waals surface area contributed by atoms with Gasteiger partial charge >= 0.3 is 0 Å². The average molecular weight is 331 g/mol. The Bertz CT molecular complexity index is 702. The minimum atomic E-state index is -1.20. The Balaban J connectivity index is 2.36. The van der Waals surface area contributed by atoms with Gasteiger partial charge in [-0.15, -0.1) is 0 Å². The molecule has 6 heteroatoms. The second kappa shape index (κ2) is 5.92. The van der Waals surface area contributed by atoms with Gasteiger partial charge < -0.3 is 16.0 Å². The number of carbonyl (C=O) groups excluding carboxylic acids is 3. The van der Waals surface area contributed by atoms with Gasteiger partial charge in [-0.05, 0) is 59.2 Å². The van der Waals surface area contributed by atoms with Crippen LogP contribution in [0.15, 0.2) is 18.2 Å². The molecular formula is C18H25N3O3. The van der Waals surface area contributed by atoms with Crippen molar-refractivity contribution in [1.82, 2.24) is 5.32 Å². The van der Waals surface area contributed by atoms with Crippen molar-refractivity contribution in [2.75, 3.05) is 10.6 Å². The molecule has 1 aliphatic heterocycles. The van der Waals surface area contributed by atoms with Crippen LogP contribution in [0.5, 0.6) is 0 Å². The molecule has 130 valence electrons. The van der Waals surface area contributed by atoms with E-state index in [9.17, 15) is 14.4 Å². The molecule has 2 rings (SSSR count). The van der Waals surface area contributed by atoms with E-state index in [1.165, 1.54) is 0 Å². The van der Waals surface area contributed by atoms with Crippen LogP contribution in [0.25, 0.3) is 0 Å². The summed E-state index contributed by atoms with van der Waals surface area (Å²) in [6, 6.07) is 5.38. The zero-order chi connectivity index (χ0) is 18.3. The molecule has 0 bridgehead atoms. The van der Waals surface area contributed by atoms with Crippen LogP contribution in [0, 0.1) is 18.3 Å². The van der Waals surface area contributed by atoms with Crippen molar-refractivity contribution in [3.63, 3.8) is 0 Å². The largest absolute Gasteiger partial charge is 0.351 e. The van der Waals surface area contributed by atoms with Crippen molar-refractivity contribution in [1.29, 1.82) is 0 Å². The summed E-state index contributed by atoms with van der Waals surface area (Å²) in [5, 5.41) is 8.37. The molecule has 1 aromatic rings. The number of benzene rings is 1. The molecule has 3 N–H and O–H groups in total. The fourth-order valence-corrected chi connectivity index (χ4v) is 2.69. The Morgan fingerprint density at radius 2 is 1.54 bits per heavy atom. The van der Waals surface area contributed by atoms with E-state index in [4.69, 9.17) is 0 Å². The van der Waals surface area contributed by atoms with Gasteiger partial charge in [-0.25, -0.2) is 0 Å². The summed E-state index contributed by atoms with van der Waals surface area (Å²) in [5.74, 6) is -2.44. The molecular weight excluding hydrogens is 306 g/mol. The summed E-state index contributed by atoms with van der Waals surface area (Å²) in [4.78, 5) is 37.9. The van der Waals surface area contributed by atoms with Crippen LogP contribution < -0.4 is 16.0 Å². The number of rotatable bonds is 2. The monoisotopic (exact) mass is 331 g/mol. The zero-order valence-corrected chi connectivity index (χ0v) is 15.0. The number of hydrogen-bond acceptors (Lipinski definition) is 3. The second-order valence-electron chi connectivity index (χ2n) is 7.89. The third-order valence-corrected chi connectivity index (χ3v) is 4.01. The number of fused-ring (bicyclic) bond motifs is 1. The standard InChI is InChI=1S/C18H25N3O3/c1-10-7-8-11-12(9-10)20-15(23)13(14(22)19-11)18(5,6)16(24)21-17(2,3)4/h7-9,13H,1-6H3,(H,19,22)(H,20,23)(H,21,24). The fourth-order valence-electron chi connectivity index (χ4n) is 2.69. The predicted octanol–water partition coefficient (Wildman–Crippen LogP) is 2.44. The van der Waals surface area contributed by atoms with Gasteiger partial charge in [0.15, 0.2) is 0 Å². The predicted molar refractivity (Wildman–Crippen MR) is 93.6 cm³/mol. The highest BCUT2D eigenvalue weighted by Crippen LogP contribution is 2.35. The second-order valence-corrected chi connectivity index (χ2v) is 7.89. The van der Waals surface area contributed by atoms with Gasteiger partial charge in [-0.3, -0.25) is 14.4 Å². The van der Waals surface area contributed by atoms with Gasteiger partial charge in [0, 0.05) is 5.54 Å². The number of hydrogen-bond donors (Lipinski definition) is 3. The summed E-state index contributed by atoms with van der Waals surface area (Å²) < 4.78 is 0. The normalized spacial score (nSPS) is 18.2. The van der Waals surface area contributed by atoms with Gasteiger partial charge in [0.25, 0.3) is 0 Å². The lowest BCUT2D eigenvalue weighted by Gasteiger charge is -2.33. The molecule has 24 heavy (non-hydrogen) atoms. The molecule has 0 spiro atoms. The van der Waals surface area contributed by atoms with E-state index >= 15 is 0 Å². The Kier molecular flexibility index (Phi) is 4.44. The molecule has 1 aliphatic rings. The highest BCUT2D eigenvalue weighted by molar-refractivity contribution is 6.18. The Morgan fingerprint density at radius 3 is 2.08 bits per heavy atom. The van der Waals surface area contributed by atoms with Gasteiger partial charge in [-0.1, -0.05) is 6.07 Å². The summed E-state index contributed by atoms with van der Waals surface area (Å²) in [6.45, 7) is 10.7. The first-order chi connectivity index (χ1) is 10.9. The summed E-state index contributed by atoms with van der Waals surface area (Å²) in [7, 11) is 0. The molecule has 0 aromatic heterocycles. The van der Waals surface area contributed by atoms with Crippen molar-refractivity contribution in [3.05, 3.63) is 23.8 Å². The summed E-state index contributed by atoms with van der Waals surface area (Å²) in [6.07, 6.45) is 0. The van der Waals surface area contributed by atoms with Crippen molar-refractivity contribution >= 4 is 29.1 Å². The molecule has 0 saturated carbocycles. The van der Waals surface area contributed by atoms with Crippen molar-refractivity contribution in [2.45, 2.75) is 47.1 Å². The van der Waals surface area contributed by atoms with E-state index in [1.54, 1.807) is 26.0 Å². The van der Waals surface area contributed by atoms with E-state index in [2.05, 4.69) is 16.0 Å². The highest BCUT2D eigenvalue weighted by atomic mass is 16.2. The lowest BCUT2D eigenvalue weighted by atomic mass is 9.76. The van der Waals surface area contributed by atoms with Gasteiger partial charge in [0.1, 0.15) is 5.92 Å². The van der Waals surface area contributed by atoms with Crippen LogP contribution in [0.3, 0.4) is 0 Å². The van der Waals surface area contributed by atoms with Crippen molar-refractivity contribution in [2.24, 2.45) is 11.3 Å². The molecule has 0 fully saturated rings. The number of nitrogens with one attached hydrogen (secondary N) is 3. The quantitative estimate of drug-likeness (QED) is 0.727. The maximum absolute atomic E-state index is 12.7. The van der Waals surface area contributed by atoms with E-state index in [0.29, 0.717) is 11.4 Å². The number of carbonyl (C=O) groups is 3. The number of aryl methyl sites for hydroxylation is 1. The van der Waals surface area contributed by atoms with E-state index < -0.39 is 28.7 Å². The van der Waals surface area contributed by atoms with Crippen LogP contribution in [0.1, 0.15) is 40.2 Å². The van der Waals surface area contributed by atoms with Crippen LogP contribution in [-0.2, 0) is 14.4 Å². The van der Waals surface area contributed by atoms with Gasteiger partial charge in [0.05, 0.1) is 16.8 Å². The third kappa shape index (κ3) is 3.58. The Labute approximate surface area is 142 Å². The minimum Gasteiger partial charge on any atom is -0.351 e. The smallest absolute Gasteiger partial charge is 0.238 e. The molecule has 1 heterocycles. The summed E-state index contributed by atoms with van der Waals surface area (Å²) >= 11 is 0. The van der Waals surface area contributed by atoms with Crippen LogP contribution >= 0.6 is 0 Å². The van der Waals surface area contributed by atoms with Gasteiger partial charge in [0.2, 0.25) is 17.7 Å². The molecule has 1 aromatic carbocycles. The minimum absolute atomic E-state index is 0.340. The zero-order valence-electron chi connectivity index (χ0n) is 15.0. The molecule has 1 atom stereocenters. The lowest BCUT2D eigenvalue weighted by molar-refractivity contribution is -0.144. The van der Waals surface area contributed by atoms with E-state index in [1.807, 2.05) is 33.8 Å². The molecule has 6 nitrogen and oxygen atoms in total. The molecule has 3 amide bonds. The van der Waals surface area contributed by atoms with Crippen LogP contribution in [-0.4, -0.2) is 23.3 Å². The number of anilines is 2. The molecule has 0 aliphatic carbocycles. The SMILES string of the molecule is Cc1ccc2c(c1)NC(=O)C(C(C)(C)C(=O)NC(C)(C)C)C(=O)N2. The first-order valence-corrected chi connectivity index (χ1v) is 7.97. The van der Waals surface area contributed by atoms with E-state index in [-0.39, 0.29) is 5.91 Å². The molecule has 0 radical (unpaired) electrons. The van der Waals surface area contributed by atoms with Crippen LogP contribution in [0.2, 0.25) is 0 Å². The Hall–Kier alpha value is -2.37. The van der Waals surface area contributed by atoms with Crippen molar-refractivity contribution in [3.8, 4) is 0 Å². The maximum atomic E-state index is 12.7. The first kappa shape index (κ1) is 18.0. The Morgan fingerprint density at radius 1 is 1.00 bits per heavy atom. The molecule has 1 unspecified atom stereocenters. The third-order valence-electron chi connectivity index (χ3n) is 4.01. The van der Waals surface area contributed by atoms with Gasteiger partial charge in [-0.2, -0.15) is 0 Å². The topological polar surface area (TPSA) is 87.3 Å². The highest BCUT2D eigenvalue weighted by Gasteiger charge is 2.48.